The van der Waals surface area contributed by atoms with E-state index < -0.39 is 10.2 Å². The second kappa shape index (κ2) is 5.22. The summed E-state index contributed by atoms with van der Waals surface area (Å²) in [5.74, 6) is 0.600. The van der Waals surface area contributed by atoms with Crippen molar-refractivity contribution in [3.05, 3.63) is 0 Å². The standard InChI is InChI=1S/C11H23N3O2S/c1-3-12-9(2)7-13-17(15,16)14-8-10-4-5-11(14)6-10/h9-13H,3-8H2,1-2H3/t9-,10?,11?/m1/s1. The third-order valence-corrected chi connectivity index (χ3v) is 5.39. The van der Waals surface area contributed by atoms with Crippen molar-refractivity contribution < 1.29 is 8.42 Å². The van der Waals surface area contributed by atoms with E-state index in [1.807, 2.05) is 13.8 Å². The molecule has 0 aromatic carbocycles. The highest BCUT2D eigenvalue weighted by atomic mass is 32.2. The molecule has 0 amide bonds. The Morgan fingerprint density at radius 2 is 2.18 bits per heavy atom. The molecule has 0 aromatic heterocycles. The Labute approximate surface area is 104 Å². The number of piperidine rings is 1. The van der Waals surface area contributed by atoms with Gasteiger partial charge in [0.1, 0.15) is 0 Å². The molecule has 2 unspecified atom stereocenters. The molecule has 2 bridgehead atoms. The second-order valence-electron chi connectivity index (χ2n) is 5.21. The first kappa shape index (κ1) is 13.3. The quantitative estimate of drug-likeness (QED) is 0.723. The Balaban J connectivity index is 1.87. The van der Waals surface area contributed by atoms with E-state index in [0.717, 1.165) is 25.9 Å². The molecular formula is C11H23N3O2S. The number of hydrogen-bond acceptors (Lipinski definition) is 3. The molecule has 2 N–H and O–H groups in total. The SMILES string of the molecule is CCN[C@H](C)CNS(=O)(=O)N1CC2CCC1C2. The minimum absolute atomic E-state index is 0.176. The summed E-state index contributed by atoms with van der Waals surface area (Å²) in [6.07, 6.45) is 3.29. The molecular weight excluding hydrogens is 238 g/mol. The number of hydrogen-bond donors (Lipinski definition) is 2. The topological polar surface area (TPSA) is 61.4 Å². The van der Waals surface area contributed by atoms with Crippen LogP contribution in [-0.2, 0) is 10.2 Å². The maximum atomic E-state index is 12.1. The molecule has 1 heterocycles. The van der Waals surface area contributed by atoms with Gasteiger partial charge in [0, 0.05) is 25.2 Å². The van der Waals surface area contributed by atoms with Gasteiger partial charge in [0.05, 0.1) is 0 Å². The van der Waals surface area contributed by atoms with Gasteiger partial charge in [0.15, 0.2) is 0 Å². The molecule has 5 nitrogen and oxygen atoms in total. The van der Waals surface area contributed by atoms with E-state index in [2.05, 4.69) is 10.0 Å². The van der Waals surface area contributed by atoms with Crippen LogP contribution in [0.2, 0.25) is 0 Å². The molecule has 2 fully saturated rings. The molecule has 0 aromatic rings. The van der Waals surface area contributed by atoms with E-state index in [4.69, 9.17) is 0 Å². The number of fused-ring (bicyclic) bond motifs is 2. The lowest BCUT2D eigenvalue weighted by Gasteiger charge is -2.27. The van der Waals surface area contributed by atoms with E-state index in [-0.39, 0.29) is 12.1 Å². The van der Waals surface area contributed by atoms with Crippen LogP contribution in [0.4, 0.5) is 0 Å². The molecule has 1 aliphatic carbocycles. The lowest BCUT2D eigenvalue weighted by atomic mass is 10.1. The van der Waals surface area contributed by atoms with Crippen LogP contribution in [0.25, 0.3) is 0 Å². The van der Waals surface area contributed by atoms with Gasteiger partial charge in [-0.3, -0.25) is 0 Å². The molecule has 1 saturated heterocycles. The fraction of sp³-hybridized carbons (Fsp3) is 1.00. The van der Waals surface area contributed by atoms with Gasteiger partial charge in [0.2, 0.25) is 0 Å². The fourth-order valence-electron chi connectivity index (χ4n) is 2.91. The van der Waals surface area contributed by atoms with Gasteiger partial charge in [-0.05, 0) is 38.6 Å². The lowest BCUT2D eigenvalue weighted by Crippen LogP contribution is -2.48. The minimum Gasteiger partial charge on any atom is -0.313 e. The maximum Gasteiger partial charge on any atom is 0.279 e. The van der Waals surface area contributed by atoms with Gasteiger partial charge in [0.25, 0.3) is 10.2 Å². The van der Waals surface area contributed by atoms with E-state index in [1.165, 1.54) is 6.42 Å². The van der Waals surface area contributed by atoms with Crippen LogP contribution < -0.4 is 10.0 Å². The smallest absolute Gasteiger partial charge is 0.279 e. The van der Waals surface area contributed by atoms with Crippen LogP contribution >= 0.6 is 0 Å². The summed E-state index contributed by atoms with van der Waals surface area (Å²) >= 11 is 0. The first-order valence-corrected chi connectivity index (χ1v) is 7.96. The Hall–Kier alpha value is -0.170. The summed E-state index contributed by atoms with van der Waals surface area (Å²) in [5.41, 5.74) is 0. The van der Waals surface area contributed by atoms with Crippen molar-refractivity contribution in [1.82, 2.24) is 14.3 Å². The Bertz CT molecular complexity index is 358. The number of likely N-dealkylation sites (N-methyl/N-ethyl adjacent to an activating group) is 1. The molecule has 0 radical (unpaired) electrons. The summed E-state index contributed by atoms with van der Waals surface area (Å²) in [7, 11) is -3.26. The zero-order chi connectivity index (χ0) is 12.5. The Morgan fingerprint density at radius 1 is 1.41 bits per heavy atom. The summed E-state index contributed by atoms with van der Waals surface area (Å²) < 4.78 is 28.6. The average molecular weight is 261 g/mol. The number of nitrogens with zero attached hydrogens (tertiary/aromatic N) is 1. The van der Waals surface area contributed by atoms with Crippen molar-refractivity contribution in [2.75, 3.05) is 19.6 Å². The first-order chi connectivity index (χ1) is 8.03. The van der Waals surface area contributed by atoms with Gasteiger partial charge in [-0.1, -0.05) is 6.92 Å². The van der Waals surface area contributed by atoms with E-state index in [1.54, 1.807) is 4.31 Å². The van der Waals surface area contributed by atoms with Crippen molar-refractivity contribution in [1.29, 1.82) is 0 Å². The summed E-state index contributed by atoms with van der Waals surface area (Å²) in [6, 6.07) is 0.432. The molecule has 6 heteroatoms. The third-order valence-electron chi connectivity index (χ3n) is 3.79. The second-order valence-corrected chi connectivity index (χ2v) is 6.92. The molecule has 1 aliphatic heterocycles. The van der Waals surface area contributed by atoms with Crippen molar-refractivity contribution in [2.45, 2.75) is 45.2 Å². The van der Waals surface area contributed by atoms with Gasteiger partial charge in [-0.25, -0.2) is 4.72 Å². The zero-order valence-electron chi connectivity index (χ0n) is 10.6. The van der Waals surface area contributed by atoms with Gasteiger partial charge in [-0.15, -0.1) is 0 Å². The number of rotatable bonds is 6. The molecule has 2 rings (SSSR count). The van der Waals surface area contributed by atoms with Gasteiger partial charge < -0.3 is 5.32 Å². The van der Waals surface area contributed by atoms with Crippen molar-refractivity contribution in [3.8, 4) is 0 Å². The molecule has 100 valence electrons. The average Bonchev–Trinajstić information content (AvgIpc) is 2.89. The minimum atomic E-state index is -3.26. The Kier molecular flexibility index (Phi) is 4.07. The summed E-state index contributed by atoms with van der Waals surface area (Å²) in [5, 5.41) is 3.20. The fourth-order valence-corrected chi connectivity index (χ4v) is 4.53. The van der Waals surface area contributed by atoms with Crippen LogP contribution in [0.5, 0.6) is 0 Å². The van der Waals surface area contributed by atoms with Gasteiger partial charge in [-0.2, -0.15) is 12.7 Å². The van der Waals surface area contributed by atoms with Crippen molar-refractivity contribution in [2.24, 2.45) is 5.92 Å². The van der Waals surface area contributed by atoms with Crippen LogP contribution in [0, 0.1) is 5.92 Å². The highest BCUT2D eigenvalue weighted by Gasteiger charge is 2.43. The predicted octanol–water partition coefficient (Wildman–Crippen LogP) is 0.303. The van der Waals surface area contributed by atoms with Crippen LogP contribution in [0.1, 0.15) is 33.1 Å². The zero-order valence-corrected chi connectivity index (χ0v) is 11.5. The van der Waals surface area contributed by atoms with E-state index in [9.17, 15) is 8.42 Å². The maximum absolute atomic E-state index is 12.1. The molecule has 3 atom stereocenters. The molecule has 0 spiro atoms. The Morgan fingerprint density at radius 3 is 2.71 bits per heavy atom. The first-order valence-electron chi connectivity index (χ1n) is 6.52. The number of nitrogens with one attached hydrogen (secondary N) is 2. The third kappa shape index (κ3) is 2.99. The van der Waals surface area contributed by atoms with Crippen LogP contribution in [0.3, 0.4) is 0 Å². The lowest BCUT2D eigenvalue weighted by molar-refractivity contribution is 0.327. The largest absolute Gasteiger partial charge is 0.313 e. The molecule has 1 saturated carbocycles. The monoisotopic (exact) mass is 261 g/mol. The van der Waals surface area contributed by atoms with Crippen molar-refractivity contribution >= 4 is 10.2 Å². The van der Waals surface area contributed by atoms with Crippen molar-refractivity contribution in [3.63, 3.8) is 0 Å². The highest BCUT2D eigenvalue weighted by Crippen LogP contribution is 2.38. The molecule has 17 heavy (non-hydrogen) atoms. The highest BCUT2D eigenvalue weighted by molar-refractivity contribution is 7.87. The van der Waals surface area contributed by atoms with Crippen LogP contribution in [0.15, 0.2) is 0 Å². The van der Waals surface area contributed by atoms with Gasteiger partial charge >= 0.3 is 0 Å². The van der Waals surface area contributed by atoms with Crippen LogP contribution in [-0.4, -0.2) is 44.4 Å². The van der Waals surface area contributed by atoms with E-state index >= 15 is 0 Å². The predicted molar refractivity (Wildman–Crippen MR) is 67.9 cm³/mol. The van der Waals surface area contributed by atoms with E-state index in [0.29, 0.717) is 12.5 Å². The molecule has 2 aliphatic rings. The summed E-state index contributed by atoms with van der Waals surface area (Å²) in [6.45, 7) is 6.05. The summed E-state index contributed by atoms with van der Waals surface area (Å²) in [4.78, 5) is 0. The normalized spacial score (nSPS) is 30.9.